The van der Waals surface area contributed by atoms with Crippen molar-refractivity contribution in [2.75, 3.05) is 30.0 Å². The minimum absolute atomic E-state index is 0.105. The molecule has 0 atom stereocenters. The van der Waals surface area contributed by atoms with Crippen molar-refractivity contribution in [2.24, 2.45) is 0 Å². The molecule has 2 aromatic rings. The van der Waals surface area contributed by atoms with E-state index in [0.717, 1.165) is 16.2 Å². The number of benzene rings is 2. The first-order valence-corrected chi connectivity index (χ1v) is 7.01. The number of hydrogen-bond donors (Lipinski definition) is 2. The van der Waals surface area contributed by atoms with Gasteiger partial charge in [0.15, 0.2) is 0 Å². The number of anilines is 3. The first-order chi connectivity index (χ1) is 9.88. The van der Waals surface area contributed by atoms with Crippen molar-refractivity contribution in [1.82, 2.24) is 0 Å². The van der Waals surface area contributed by atoms with Crippen LogP contribution in [0.5, 0.6) is 0 Å². The van der Waals surface area contributed by atoms with E-state index in [2.05, 4.69) is 21.2 Å². The van der Waals surface area contributed by atoms with Crippen LogP contribution in [0.15, 0.2) is 40.9 Å². The fraction of sp³-hybridized carbons (Fsp3) is 0.133. The molecule has 0 aliphatic carbocycles. The Bertz CT molecular complexity index is 689. The number of rotatable bonds is 3. The van der Waals surface area contributed by atoms with Gasteiger partial charge in [0.25, 0.3) is 5.91 Å². The van der Waals surface area contributed by atoms with E-state index in [1.807, 2.05) is 31.1 Å². The van der Waals surface area contributed by atoms with E-state index in [1.54, 1.807) is 6.07 Å². The van der Waals surface area contributed by atoms with Crippen LogP contribution in [-0.2, 0) is 0 Å². The van der Waals surface area contributed by atoms with Crippen LogP contribution in [0.2, 0.25) is 0 Å². The molecule has 2 rings (SSSR count). The number of nitrogens with two attached hydrogens (primary N) is 1. The molecule has 0 spiro atoms. The molecule has 4 nitrogen and oxygen atoms in total. The van der Waals surface area contributed by atoms with E-state index in [-0.39, 0.29) is 17.2 Å². The molecule has 0 unspecified atom stereocenters. The van der Waals surface area contributed by atoms with Crippen LogP contribution in [0.4, 0.5) is 21.5 Å². The van der Waals surface area contributed by atoms with Crippen molar-refractivity contribution in [3.05, 3.63) is 52.3 Å². The molecule has 2 aromatic carbocycles. The zero-order valence-electron chi connectivity index (χ0n) is 11.7. The van der Waals surface area contributed by atoms with Gasteiger partial charge in [0, 0.05) is 24.3 Å². The van der Waals surface area contributed by atoms with Crippen LogP contribution < -0.4 is 16.0 Å². The maximum Gasteiger partial charge on any atom is 0.257 e. The number of nitrogens with one attached hydrogen (secondary N) is 1. The van der Waals surface area contributed by atoms with Gasteiger partial charge in [-0.15, -0.1) is 0 Å². The topological polar surface area (TPSA) is 58.4 Å². The molecular weight excluding hydrogens is 337 g/mol. The average Bonchev–Trinajstić information content (AvgIpc) is 2.37. The van der Waals surface area contributed by atoms with E-state index in [1.165, 1.54) is 12.1 Å². The van der Waals surface area contributed by atoms with E-state index in [9.17, 15) is 9.18 Å². The second kappa shape index (κ2) is 6.13. The lowest BCUT2D eigenvalue weighted by molar-refractivity contribution is 0.102. The first-order valence-electron chi connectivity index (χ1n) is 6.21. The van der Waals surface area contributed by atoms with Crippen molar-refractivity contribution >= 4 is 38.9 Å². The second-order valence-corrected chi connectivity index (χ2v) is 5.66. The van der Waals surface area contributed by atoms with E-state index in [0.29, 0.717) is 5.69 Å². The van der Waals surface area contributed by atoms with Gasteiger partial charge in [-0.05, 0) is 36.4 Å². The molecule has 0 aliphatic rings. The predicted octanol–water partition coefficient (Wildman–Crippen LogP) is 3.49. The highest BCUT2D eigenvalue weighted by molar-refractivity contribution is 9.10. The molecule has 21 heavy (non-hydrogen) atoms. The summed E-state index contributed by atoms with van der Waals surface area (Å²) < 4.78 is 13.9. The highest BCUT2D eigenvalue weighted by Gasteiger charge is 2.13. The second-order valence-electron chi connectivity index (χ2n) is 4.74. The molecule has 0 radical (unpaired) electrons. The van der Waals surface area contributed by atoms with Crippen LogP contribution in [-0.4, -0.2) is 20.0 Å². The normalized spacial score (nSPS) is 10.3. The summed E-state index contributed by atoms with van der Waals surface area (Å²) in [4.78, 5) is 14.2. The minimum atomic E-state index is -0.472. The number of amides is 1. The maximum absolute atomic E-state index is 13.0. The third-order valence-electron chi connectivity index (χ3n) is 2.95. The highest BCUT2D eigenvalue weighted by Crippen LogP contribution is 2.29. The lowest BCUT2D eigenvalue weighted by Gasteiger charge is -2.18. The lowest BCUT2D eigenvalue weighted by Crippen LogP contribution is -2.17. The maximum atomic E-state index is 13.0. The number of carbonyl (C=O) groups is 1. The Morgan fingerprint density at radius 1 is 1.24 bits per heavy atom. The van der Waals surface area contributed by atoms with E-state index < -0.39 is 5.82 Å². The standard InChI is InChI=1S/C15H15BrFN3O/c1-20(2)14-6-3-9(16)7-13(14)19-15(21)11-5-4-10(17)8-12(11)18/h3-8H,18H2,1-2H3,(H,19,21). The fourth-order valence-corrected chi connectivity index (χ4v) is 2.29. The Balaban J connectivity index is 2.33. The molecule has 0 heterocycles. The predicted molar refractivity (Wildman–Crippen MR) is 87.2 cm³/mol. The molecule has 1 amide bonds. The Morgan fingerprint density at radius 2 is 1.95 bits per heavy atom. The third kappa shape index (κ3) is 3.52. The van der Waals surface area contributed by atoms with Gasteiger partial charge in [0.05, 0.1) is 16.9 Å². The van der Waals surface area contributed by atoms with Crippen LogP contribution in [0.1, 0.15) is 10.4 Å². The van der Waals surface area contributed by atoms with Gasteiger partial charge in [-0.2, -0.15) is 0 Å². The van der Waals surface area contributed by atoms with E-state index >= 15 is 0 Å². The lowest BCUT2D eigenvalue weighted by atomic mass is 10.1. The molecule has 0 fully saturated rings. The van der Waals surface area contributed by atoms with Crippen molar-refractivity contribution in [3.8, 4) is 0 Å². The summed E-state index contributed by atoms with van der Waals surface area (Å²) in [6.07, 6.45) is 0. The van der Waals surface area contributed by atoms with Crippen LogP contribution in [0.25, 0.3) is 0 Å². The first kappa shape index (κ1) is 15.3. The Morgan fingerprint density at radius 3 is 2.57 bits per heavy atom. The average molecular weight is 352 g/mol. The van der Waals surface area contributed by atoms with Crippen LogP contribution in [0.3, 0.4) is 0 Å². The van der Waals surface area contributed by atoms with Gasteiger partial charge in [0.2, 0.25) is 0 Å². The monoisotopic (exact) mass is 351 g/mol. The SMILES string of the molecule is CN(C)c1ccc(Br)cc1NC(=O)c1ccc(F)cc1N. The molecule has 3 N–H and O–H groups in total. The van der Waals surface area contributed by atoms with Gasteiger partial charge in [-0.25, -0.2) is 4.39 Å². The summed E-state index contributed by atoms with van der Waals surface area (Å²) in [6, 6.07) is 9.27. The number of halogens is 2. The smallest absolute Gasteiger partial charge is 0.257 e. The summed E-state index contributed by atoms with van der Waals surface area (Å²) in [7, 11) is 3.76. The number of hydrogen-bond acceptors (Lipinski definition) is 3. The zero-order valence-corrected chi connectivity index (χ0v) is 13.2. The zero-order chi connectivity index (χ0) is 15.6. The Hall–Kier alpha value is -2.08. The highest BCUT2D eigenvalue weighted by atomic mass is 79.9. The van der Waals surface area contributed by atoms with Gasteiger partial charge in [-0.1, -0.05) is 15.9 Å². The van der Waals surface area contributed by atoms with Gasteiger partial charge in [0.1, 0.15) is 5.82 Å². The minimum Gasteiger partial charge on any atom is -0.398 e. The number of nitrogen functional groups attached to an aromatic ring is 1. The molecule has 0 aromatic heterocycles. The Kier molecular flexibility index (Phi) is 4.47. The van der Waals surface area contributed by atoms with Crippen LogP contribution in [0, 0.1) is 5.82 Å². The summed E-state index contributed by atoms with van der Waals surface area (Å²) in [5.41, 5.74) is 7.52. The van der Waals surface area contributed by atoms with Crippen molar-refractivity contribution in [3.63, 3.8) is 0 Å². The molecule has 0 saturated carbocycles. The molecule has 110 valence electrons. The van der Waals surface area contributed by atoms with E-state index in [4.69, 9.17) is 5.73 Å². The summed E-state index contributed by atoms with van der Waals surface area (Å²) >= 11 is 3.37. The molecule has 6 heteroatoms. The summed E-state index contributed by atoms with van der Waals surface area (Å²) in [5.74, 6) is -0.853. The Labute approximate surface area is 130 Å². The molecule has 0 aliphatic heterocycles. The largest absolute Gasteiger partial charge is 0.398 e. The molecule has 0 saturated heterocycles. The molecular formula is C15H15BrFN3O. The van der Waals surface area contributed by atoms with Gasteiger partial charge in [-0.3, -0.25) is 4.79 Å². The van der Waals surface area contributed by atoms with Crippen molar-refractivity contribution in [2.45, 2.75) is 0 Å². The fourth-order valence-electron chi connectivity index (χ4n) is 1.93. The van der Waals surface area contributed by atoms with Gasteiger partial charge < -0.3 is 16.0 Å². The summed E-state index contributed by atoms with van der Waals surface area (Å²) in [6.45, 7) is 0. The van der Waals surface area contributed by atoms with Crippen LogP contribution >= 0.6 is 15.9 Å². The summed E-state index contributed by atoms with van der Waals surface area (Å²) in [5, 5.41) is 2.80. The number of carbonyl (C=O) groups excluding carboxylic acids is 1. The quantitative estimate of drug-likeness (QED) is 0.832. The third-order valence-corrected chi connectivity index (χ3v) is 3.44. The van der Waals surface area contributed by atoms with Crippen molar-refractivity contribution < 1.29 is 9.18 Å². The van der Waals surface area contributed by atoms with Gasteiger partial charge >= 0.3 is 0 Å². The van der Waals surface area contributed by atoms with Crippen molar-refractivity contribution in [1.29, 1.82) is 0 Å². The molecule has 0 bridgehead atoms. The number of nitrogens with zero attached hydrogens (tertiary/aromatic N) is 1.